The molecule has 0 aliphatic heterocycles. The van der Waals surface area contributed by atoms with Gasteiger partial charge in [-0.2, -0.15) is 5.10 Å². The van der Waals surface area contributed by atoms with Crippen LogP contribution in [0.1, 0.15) is 51.3 Å². The van der Waals surface area contributed by atoms with Gasteiger partial charge in [0.2, 0.25) is 0 Å². The Hall–Kier alpha value is -0.830. The topological polar surface area (TPSA) is 40.7 Å². The molecule has 1 saturated carbocycles. The summed E-state index contributed by atoms with van der Waals surface area (Å²) in [6.45, 7) is 4.50. The smallest absolute Gasteiger partial charge is 0.0518 e. The van der Waals surface area contributed by atoms with E-state index in [1.54, 1.807) is 0 Å². The fourth-order valence-corrected chi connectivity index (χ4v) is 2.59. The standard InChI is InChI=1S/C12H21N3/c1-9(11-5-3-4-6-11)14-10(2)12-7-8-13-15-12/h7-11,14H,3-6H2,1-2H3,(H,13,15)/t9-,10?/m0/s1. The molecule has 0 radical (unpaired) electrons. The van der Waals surface area contributed by atoms with Crippen molar-refractivity contribution in [2.24, 2.45) is 5.92 Å². The first-order chi connectivity index (χ1) is 7.27. The molecule has 3 nitrogen and oxygen atoms in total. The fourth-order valence-electron chi connectivity index (χ4n) is 2.59. The number of hydrogen-bond donors (Lipinski definition) is 2. The zero-order valence-corrected chi connectivity index (χ0v) is 9.66. The van der Waals surface area contributed by atoms with Crippen LogP contribution >= 0.6 is 0 Å². The van der Waals surface area contributed by atoms with Crippen molar-refractivity contribution in [2.45, 2.75) is 51.6 Å². The molecule has 0 bridgehead atoms. The van der Waals surface area contributed by atoms with E-state index in [1.807, 2.05) is 12.3 Å². The number of aromatic amines is 1. The van der Waals surface area contributed by atoms with Gasteiger partial charge in [0.25, 0.3) is 0 Å². The van der Waals surface area contributed by atoms with Crippen molar-refractivity contribution in [1.29, 1.82) is 0 Å². The fraction of sp³-hybridized carbons (Fsp3) is 0.750. The Morgan fingerprint density at radius 2 is 2.13 bits per heavy atom. The van der Waals surface area contributed by atoms with Gasteiger partial charge in [-0.3, -0.25) is 5.10 Å². The van der Waals surface area contributed by atoms with Crippen LogP contribution in [0.25, 0.3) is 0 Å². The molecule has 0 saturated heterocycles. The van der Waals surface area contributed by atoms with Gasteiger partial charge in [-0.05, 0) is 38.7 Å². The number of nitrogens with one attached hydrogen (secondary N) is 2. The highest BCUT2D eigenvalue weighted by Crippen LogP contribution is 2.28. The molecular formula is C12H21N3. The lowest BCUT2D eigenvalue weighted by molar-refractivity contribution is 0.350. The third-order valence-electron chi connectivity index (χ3n) is 3.61. The Morgan fingerprint density at radius 3 is 2.73 bits per heavy atom. The largest absolute Gasteiger partial charge is 0.306 e. The van der Waals surface area contributed by atoms with Crippen LogP contribution in [0.15, 0.2) is 12.3 Å². The summed E-state index contributed by atoms with van der Waals surface area (Å²) in [7, 11) is 0. The van der Waals surface area contributed by atoms with Gasteiger partial charge in [-0.1, -0.05) is 12.8 Å². The van der Waals surface area contributed by atoms with Crippen molar-refractivity contribution in [3.05, 3.63) is 18.0 Å². The van der Waals surface area contributed by atoms with Crippen LogP contribution in [-0.2, 0) is 0 Å². The van der Waals surface area contributed by atoms with Gasteiger partial charge in [-0.25, -0.2) is 0 Å². The molecule has 15 heavy (non-hydrogen) atoms. The highest BCUT2D eigenvalue weighted by molar-refractivity contribution is 5.03. The molecule has 2 N–H and O–H groups in total. The van der Waals surface area contributed by atoms with Gasteiger partial charge in [0.05, 0.1) is 5.69 Å². The van der Waals surface area contributed by atoms with Crippen LogP contribution in [0.5, 0.6) is 0 Å². The van der Waals surface area contributed by atoms with Gasteiger partial charge in [-0.15, -0.1) is 0 Å². The van der Waals surface area contributed by atoms with Crippen molar-refractivity contribution >= 4 is 0 Å². The molecule has 84 valence electrons. The van der Waals surface area contributed by atoms with Crippen LogP contribution in [0, 0.1) is 5.92 Å². The molecule has 1 unspecified atom stereocenters. The predicted molar refractivity (Wildman–Crippen MR) is 61.6 cm³/mol. The van der Waals surface area contributed by atoms with Crippen LogP contribution in [0.3, 0.4) is 0 Å². The van der Waals surface area contributed by atoms with Gasteiger partial charge in [0.1, 0.15) is 0 Å². The first-order valence-electron chi connectivity index (χ1n) is 6.02. The SMILES string of the molecule is CC(N[C@@H](C)C1CCCC1)c1ccn[nH]1. The highest BCUT2D eigenvalue weighted by Gasteiger charge is 2.22. The van der Waals surface area contributed by atoms with Crippen LogP contribution in [-0.4, -0.2) is 16.2 Å². The second-order valence-corrected chi connectivity index (χ2v) is 4.73. The molecule has 1 fully saturated rings. The summed E-state index contributed by atoms with van der Waals surface area (Å²) in [5, 5.41) is 10.7. The maximum Gasteiger partial charge on any atom is 0.0518 e. The minimum Gasteiger partial charge on any atom is -0.306 e. The van der Waals surface area contributed by atoms with Crippen LogP contribution in [0.4, 0.5) is 0 Å². The van der Waals surface area contributed by atoms with E-state index in [2.05, 4.69) is 29.4 Å². The monoisotopic (exact) mass is 207 g/mol. The lowest BCUT2D eigenvalue weighted by Gasteiger charge is -2.24. The summed E-state index contributed by atoms with van der Waals surface area (Å²) in [5.74, 6) is 0.871. The first-order valence-corrected chi connectivity index (χ1v) is 6.02. The van der Waals surface area contributed by atoms with Gasteiger partial charge in [0.15, 0.2) is 0 Å². The second-order valence-electron chi connectivity index (χ2n) is 4.73. The Morgan fingerprint density at radius 1 is 1.40 bits per heavy atom. The molecule has 1 aromatic heterocycles. The van der Waals surface area contributed by atoms with E-state index < -0.39 is 0 Å². The Bertz CT molecular complexity index is 275. The van der Waals surface area contributed by atoms with E-state index in [-0.39, 0.29) is 0 Å². The molecule has 1 aliphatic carbocycles. The lowest BCUT2D eigenvalue weighted by atomic mass is 9.99. The average Bonchev–Trinajstić information content (AvgIpc) is 2.91. The number of rotatable bonds is 4. The summed E-state index contributed by atoms with van der Waals surface area (Å²) in [6, 6.07) is 3.04. The van der Waals surface area contributed by atoms with E-state index in [0.29, 0.717) is 12.1 Å². The molecule has 0 aromatic carbocycles. The van der Waals surface area contributed by atoms with Gasteiger partial charge < -0.3 is 5.32 Å². The summed E-state index contributed by atoms with van der Waals surface area (Å²) in [4.78, 5) is 0. The number of nitrogens with zero attached hydrogens (tertiary/aromatic N) is 1. The van der Waals surface area contributed by atoms with Crippen molar-refractivity contribution < 1.29 is 0 Å². The molecule has 1 aromatic rings. The minimum absolute atomic E-state index is 0.378. The van der Waals surface area contributed by atoms with Crippen LogP contribution < -0.4 is 5.32 Å². The summed E-state index contributed by atoms with van der Waals surface area (Å²) in [5.41, 5.74) is 1.18. The average molecular weight is 207 g/mol. The summed E-state index contributed by atoms with van der Waals surface area (Å²) < 4.78 is 0. The van der Waals surface area contributed by atoms with Gasteiger partial charge >= 0.3 is 0 Å². The van der Waals surface area contributed by atoms with E-state index >= 15 is 0 Å². The number of hydrogen-bond acceptors (Lipinski definition) is 2. The van der Waals surface area contributed by atoms with E-state index in [9.17, 15) is 0 Å². The number of aromatic nitrogens is 2. The van der Waals surface area contributed by atoms with E-state index in [4.69, 9.17) is 0 Å². The van der Waals surface area contributed by atoms with Crippen LogP contribution in [0.2, 0.25) is 0 Å². The lowest BCUT2D eigenvalue weighted by Crippen LogP contribution is -2.34. The third kappa shape index (κ3) is 2.59. The summed E-state index contributed by atoms with van der Waals surface area (Å²) >= 11 is 0. The number of H-pyrrole nitrogens is 1. The molecule has 3 heteroatoms. The Labute approximate surface area is 91.7 Å². The van der Waals surface area contributed by atoms with E-state index in [1.165, 1.54) is 31.4 Å². The van der Waals surface area contributed by atoms with E-state index in [0.717, 1.165) is 5.92 Å². The molecule has 2 rings (SSSR count). The van der Waals surface area contributed by atoms with Crippen molar-refractivity contribution in [2.75, 3.05) is 0 Å². The van der Waals surface area contributed by atoms with Crippen molar-refractivity contribution in [3.63, 3.8) is 0 Å². The predicted octanol–water partition coefficient (Wildman–Crippen LogP) is 2.64. The third-order valence-corrected chi connectivity index (χ3v) is 3.61. The zero-order valence-electron chi connectivity index (χ0n) is 9.66. The van der Waals surface area contributed by atoms with Gasteiger partial charge in [0, 0.05) is 18.3 Å². The van der Waals surface area contributed by atoms with Crippen molar-refractivity contribution in [3.8, 4) is 0 Å². The Balaban J connectivity index is 1.85. The molecule has 2 atom stereocenters. The Kier molecular flexibility index (Phi) is 3.41. The molecule has 0 amide bonds. The minimum atomic E-state index is 0.378. The maximum atomic E-state index is 3.98. The highest BCUT2D eigenvalue weighted by atomic mass is 15.1. The second kappa shape index (κ2) is 4.79. The normalized spacial score (nSPS) is 21.7. The zero-order chi connectivity index (χ0) is 10.7. The molecule has 0 spiro atoms. The first kappa shape index (κ1) is 10.7. The van der Waals surface area contributed by atoms with Crippen molar-refractivity contribution in [1.82, 2.24) is 15.5 Å². The maximum absolute atomic E-state index is 3.98. The quantitative estimate of drug-likeness (QED) is 0.797. The molecule has 1 heterocycles. The summed E-state index contributed by atoms with van der Waals surface area (Å²) in [6.07, 6.45) is 7.42. The molecule has 1 aliphatic rings. The molecular weight excluding hydrogens is 186 g/mol.